The molecule has 40 heavy (non-hydrogen) atoms. The standard InChI is InChI=1S/C29H39N3O8/c1-28(2,3)12-31-10-14-7-15(11-40-6)22(33)19-16(14)8-13-9-17-21(32(4)5)24(35)20(27(30)38)26(37)29(17,39)25(36)18(13)23(19)34/h7,13,17,21,31,33-34,37,39H,8-12H2,1-6H3,(H2,30,38). The number of nitrogens with zero attached hydrogens (tertiary/aromatic N) is 1. The van der Waals surface area contributed by atoms with Gasteiger partial charge in [-0.25, -0.2) is 0 Å². The van der Waals surface area contributed by atoms with Crippen molar-refractivity contribution in [2.75, 3.05) is 27.7 Å². The van der Waals surface area contributed by atoms with Gasteiger partial charge in [0.2, 0.25) is 5.78 Å². The van der Waals surface area contributed by atoms with Gasteiger partial charge in [-0.05, 0) is 55.5 Å². The van der Waals surface area contributed by atoms with E-state index in [0.29, 0.717) is 24.2 Å². The van der Waals surface area contributed by atoms with Crippen LogP contribution in [0.15, 0.2) is 23.0 Å². The largest absolute Gasteiger partial charge is 0.508 e. The summed E-state index contributed by atoms with van der Waals surface area (Å²) >= 11 is 0. The number of carbonyl (C=O) groups excluding carboxylic acids is 3. The van der Waals surface area contributed by atoms with Gasteiger partial charge in [0.15, 0.2) is 11.4 Å². The lowest BCUT2D eigenvalue weighted by Crippen LogP contribution is -2.65. The summed E-state index contributed by atoms with van der Waals surface area (Å²) in [6, 6.07) is 0.690. The summed E-state index contributed by atoms with van der Waals surface area (Å²) in [6.45, 7) is 7.47. The third kappa shape index (κ3) is 4.60. The van der Waals surface area contributed by atoms with Crippen LogP contribution < -0.4 is 11.1 Å². The average molecular weight is 558 g/mol. The van der Waals surface area contributed by atoms with Crippen molar-refractivity contribution < 1.29 is 39.5 Å². The number of phenolic OH excluding ortho intramolecular Hbond substituents is 1. The summed E-state index contributed by atoms with van der Waals surface area (Å²) in [7, 11) is 4.62. The lowest BCUT2D eigenvalue weighted by Gasteiger charge is -2.50. The molecule has 0 aliphatic heterocycles. The maximum Gasteiger partial charge on any atom is 0.255 e. The fourth-order valence-electron chi connectivity index (χ4n) is 6.45. The van der Waals surface area contributed by atoms with Gasteiger partial charge < -0.3 is 36.2 Å². The highest BCUT2D eigenvalue weighted by atomic mass is 16.5. The number of rotatable bonds is 7. The van der Waals surface area contributed by atoms with Gasteiger partial charge in [-0.2, -0.15) is 0 Å². The number of ether oxygens (including phenoxy) is 1. The van der Waals surface area contributed by atoms with Gasteiger partial charge in [0.05, 0.1) is 18.2 Å². The second kappa shape index (κ2) is 10.3. The number of nitrogens with one attached hydrogen (secondary N) is 1. The molecule has 0 saturated heterocycles. The number of aliphatic hydroxyl groups is 3. The summed E-state index contributed by atoms with van der Waals surface area (Å²) in [5.74, 6) is -6.68. The zero-order valence-corrected chi connectivity index (χ0v) is 23.8. The van der Waals surface area contributed by atoms with Crippen molar-refractivity contribution in [3.8, 4) is 5.75 Å². The Labute approximate surface area is 233 Å². The molecule has 11 nitrogen and oxygen atoms in total. The number of likely N-dealkylation sites (N-methyl/N-ethyl adjacent to an activating group) is 1. The van der Waals surface area contributed by atoms with Crippen LogP contribution in [0.3, 0.4) is 0 Å². The number of nitrogens with two attached hydrogens (primary N) is 1. The lowest BCUT2D eigenvalue weighted by atomic mass is 9.57. The van der Waals surface area contributed by atoms with Gasteiger partial charge in [-0.1, -0.05) is 20.8 Å². The molecule has 4 unspecified atom stereocenters. The molecule has 3 aliphatic rings. The molecule has 7 N–H and O–H groups in total. The number of methoxy groups -OCH3 is 1. The van der Waals surface area contributed by atoms with Crippen LogP contribution in [-0.2, 0) is 38.7 Å². The van der Waals surface area contributed by atoms with Gasteiger partial charge in [-0.15, -0.1) is 0 Å². The van der Waals surface area contributed by atoms with Crippen LogP contribution in [0, 0.1) is 17.3 Å². The lowest BCUT2D eigenvalue weighted by molar-refractivity contribution is -0.153. The SMILES string of the molecule is COCc1cc(CNCC(C)(C)C)c2c(c1O)C(O)=C1C(=O)C3(O)C(O)=C(C(N)=O)C(=O)C(N(C)C)C3CC1C2. The molecular weight excluding hydrogens is 518 g/mol. The molecule has 1 aromatic carbocycles. The van der Waals surface area contributed by atoms with Crippen LogP contribution in [0.2, 0.25) is 0 Å². The second-order valence-electron chi connectivity index (χ2n) is 12.5. The Bertz CT molecular complexity index is 1340. The van der Waals surface area contributed by atoms with Crippen LogP contribution in [0.25, 0.3) is 5.76 Å². The smallest absolute Gasteiger partial charge is 0.255 e. The Morgan fingerprint density at radius 1 is 1.20 bits per heavy atom. The van der Waals surface area contributed by atoms with Crippen molar-refractivity contribution in [1.29, 1.82) is 0 Å². The van der Waals surface area contributed by atoms with Crippen molar-refractivity contribution >= 4 is 23.2 Å². The predicted octanol–water partition coefficient (Wildman–Crippen LogP) is 1.25. The molecular formula is C29H39N3O8. The first-order valence-electron chi connectivity index (χ1n) is 13.3. The Hall–Kier alpha value is -3.25. The molecule has 4 rings (SSSR count). The van der Waals surface area contributed by atoms with E-state index >= 15 is 0 Å². The van der Waals surface area contributed by atoms with Crippen molar-refractivity contribution in [2.45, 2.75) is 58.4 Å². The number of Topliss-reactive ketones (excluding diaryl/α,β-unsaturated/α-hetero) is 2. The molecule has 0 heterocycles. The molecule has 218 valence electrons. The molecule has 0 spiro atoms. The molecule has 3 aliphatic carbocycles. The quantitative estimate of drug-likeness (QED) is 0.267. The van der Waals surface area contributed by atoms with Crippen LogP contribution in [-0.4, -0.2) is 82.2 Å². The number of primary amides is 1. The van der Waals surface area contributed by atoms with Gasteiger partial charge in [0.25, 0.3) is 5.91 Å². The third-order valence-corrected chi connectivity index (χ3v) is 8.16. The monoisotopic (exact) mass is 557 g/mol. The number of amides is 1. The molecule has 11 heteroatoms. The normalized spacial score (nSPS) is 26.6. The Balaban J connectivity index is 1.91. The number of aliphatic hydroxyl groups excluding tert-OH is 2. The number of carbonyl (C=O) groups is 3. The zero-order valence-electron chi connectivity index (χ0n) is 23.8. The number of hydrogen-bond donors (Lipinski definition) is 6. The Kier molecular flexibility index (Phi) is 7.65. The zero-order chi connectivity index (χ0) is 29.9. The maximum atomic E-state index is 14.0. The summed E-state index contributed by atoms with van der Waals surface area (Å²) in [6.07, 6.45) is 0.281. The maximum absolute atomic E-state index is 14.0. The van der Waals surface area contributed by atoms with Gasteiger partial charge >= 0.3 is 0 Å². The van der Waals surface area contributed by atoms with E-state index in [-0.39, 0.29) is 41.7 Å². The molecule has 0 bridgehead atoms. The minimum atomic E-state index is -2.67. The van der Waals surface area contributed by atoms with E-state index < -0.39 is 58.0 Å². The minimum Gasteiger partial charge on any atom is -0.508 e. The molecule has 1 amide bonds. The first kappa shape index (κ1) is 29.7. The summed E-state index contributed by atoms with van der Waals surface area (Å²) < 4.78 is 5.25. The van der Waals surface area contributed by atoms with Crippen LogP contribution >= 0.6 is 0 Å². The number of benzene rings is 1. The molecule has 0 radical (unpaired) electrons. The van der Waals surface area contributed by atoms with E-state index in [4.69, 9.17) is 10.5 Å². The number of hydrogen-bond acceptors (Lipinski definition) is 10. The summed E-state index contributed by atoms with van der Waals surface area (Å²) in [5, 5.41) is 48.8. The number of fused-ring (bicyclic) bond motifs is 3. The topological polar surface area (TPSA) is 183 Å². The van der Waals surface area contributed by atoms with Crippen molar-refractivity contribution in [2.24, 2.45) is 23.0 Å². The summed E-state index contributed by atoms with van der Waals surface area (Å²) in [4.78, 5) is 40.9. The average Bonchev–Trinajstić information content (AvgIpc) is 2.83. The first-order valence-corrected chi connectivity index (χ1v) is 13.3. The van der Waals surface area contributed by atoms with Crippen LogP contribution in [0.1, 0.15) is 49.4 Å². The van der Waals surface area contributed by atoms with E-state index in [9.17, 15) is 34.8 Å². The molecule has 4 atom stereocenters. The van der Waals surface area contributed by atoms with Crippen LogP contribution in [0.5, 0.6) is 5.75 Å². The molecule has 1 saturated carbocycles. The van der Waals surface area contributed by atoms with Gasteiger partial charge in [0, 0.05) is 37.3 Å². The third-order valence-electron chi connectivity index (χ3n) is 8.16. The molecule has 0 aromatic heterocycles. The van der Waals surface area contributed by atoms with Gasteiger partial charge in [-0.3, -0.25) is 19.3 Å². The summed E-state index contributed by atoms with van der Waals surface area (Å²) in [5.41, 5.74) is 3.64. The predicted molar refractivity (Wildman–Crippen MR) is 146 cm³/mol. The highest BCUT2D eigenvalue weighted by Crippen LogP contribution is 2.53. The van der Waals surface area contributed by atoms with Gasteiger partial charge in [0.1, 0.15) is 22.8 Å². The second-order valence-corrected chi connectivity index (χ2v) is 12.5. The molecule has 1 aromatic rings. The Morgan fingerprint density at radius 2 is 1.85 bits per heavy atom. The van der Waals surface area contributed by atoms with E-state index in [1.54, 1.807) is 14.1 Å². The van der Waals surface area contributed by atoms with E-state index in [0.717, 1.165) is 5.56 Å². The van der Waals surface area contributed by atoms with Crippen molar-refractivity contribution in [3.63, 3.8) is 0 Å². The fraction of sp³-hybridized carbons (Fsp3) is 0.552. The number of phenols is 1. The first-order chi connectivity index (χ1) is 18.6. The van der Waals surface area contributed by atoms with Crippen molar-refractivity contribution in [1.82, 2.24) is 10.2 Å². The number of aromatic hydroxyl groups is 1. The fourth-order valence-corrected chi connectivity index (χ4v) is 6.45. The van der Waals surface area contributed by atoms with Crippen molar-refractivity contribution in [3.05, 3.63) is 45.2 Å². The Morgan fingerprint density at radius 3 is 2.40 bits per heavy atom. The highest BCUT2D eigenvalue weighted by Gasteiger charge is 2.64. The van der Waals surface area contributed by atoms with E-state index in [1.165, 1.54) is 12.0 Å². The van der Waals surface area contributed by atoms with E-state index in [1.807, 2.05) is 6.07 Å². The van der Waals surface area contributed by atoms with Crippen LogP contribution in [0.4, 0.5) is 0 Å². The van der Waals surface area contributed by atoms with E-state index in [2.05, 4.69) is 26.1 Å². The number of ketones is 2. The minimum absolute atomic E-state index is 0.00972. The molecule has 1 fully saturated rings. The highest BCUT2D eigenvalue weighted by molar-refractivity contribution is 6.24.